The van der Waals surface area contributed by atoms with Gasteiger partial charge in [-0.1, -0.05) is 12.1 Å². The standard InChI is InChI=1S/C17H17F3N2O2/c1-11-9-14(7-8-21-11)16(23)22-12(2)13-3-5-15(6-4-13)24-10-17(18,19)20/h3-9,12H,10H2,1-2H3,(H,22,23). The molecule has 2 aromatic rings. The van der Waals surface area contributed by atoms with Crippen molar-refractivity contribution in [2.45, 2.75) is 26.1 Å². The second kappa shape index (κ2) is 7.33. The van der Waals surface area contributed by atoms with Gasteiger partial charge in [-0.3, -0.25) is 9.78 Å². The van der Waals surface area contributed by atoms with Gasteiger partial charge in [0.15, 0.2) is 6.61 Å². The minimum absolute atomic E-state index is 0.124. The Morgan fingerprint density at radius 1 is 1.25 bits per heavy atom. The van der Waals surface area contributed by atoms with E-state index in [0.29, 0.717) is 5.56 Å². The molecule has 128 valence electrons. The molecule has 24 heavy (non-hydrogen) atoms. The predicted molar refractivity (Wildman–Crippen MR) is 82.8 cm³/mol. The van der Waals surface area contributed by atoms with Crippen LogP contribution >= 0.6 is 0 Å². The number of aryl methyl sites for hydroxylation is 1. The van der Waals surface area contributed by atoms with Gasteiger partial charge in [-0.05, 0) is 43.7 Å². The Morgan fingerprint density at radius 3 is 2.50 bits per heavy atom. The van der Waals surface area contributed by atoms with Crippen LogP contribution in [0.2, 0.25) is 0 Å². The fraction of sp³-hybridized carbons (Fsp3) is 0.294. The zero-order chi connectivity index (χ0) is 17.7. The van der Waals surface area contributed by atoms with Crippen LogP contribution in [0.1, 0.15) is 34.6 Å². The first-order valence-electron chi connectivity index (χ1n) is 7.27. The lowest BCUT2D eigenvalue weighted by Gasteiger charge is -2.15. The molecule has 1 aromatic carbocycles. The molecule has 0 aliphatic carbocycles. The van der Waals surface area contributed by atoms with Crippen molar-refractivity contribution in [2.75, 3.05) is 6.61 Å². The molecule has 0 bridgehead atoms. The van der Waals surface area contributed by atoms with Gasteiger partial charge in [-0.25, -0.2) is 0 Å². The first kappa shape index (κ1) is 17.8. The van der Waals surface area contributed by atoms with Gasteiger partial charge in [0.25, 0.3) is 5.91 Å². The van der Waals surface area contributed by atoms with E-state index < -0.39 is 12.8 Å². The number of carbonyl (C=O) groups excluding carboxylic acids is 1. The fourth-order valence-corrected chi connectivity index (χ4v) is 2.07. The number of amides is 1. The van der Waals surface area contributed by atoms with Gasteiger partial charge in [-0.15, -0.1) is 0 Å². The highest BCUT2D eigenvalue weighted by molar-refractivity contribution is 5.94. The van der Waals surface area contributed by atoms with E-state index in [1.54, 1.807) is 44.3 Å². The van der Waals surface area contributed by atoms with Crippen molar-refractivity contribution in [3.05, 3.63) is 59.4 Å². The molecule has 1 atom stereocenters. The second-order valence-electron chi connectivity index (χ2n) is 5.35. The zero-order valence-electron chi connectivity index (χ0n) is 13.2. The Labute approximate surface area is 137 Å². The summed E-state index contributed by atoms with van der Waals surface area (Å²) in [4.78, 5) is 16.2. The third-order valence-corrected chi connectivity index (χ3v) is 3.29. The van der Waals surface area contributed by atoms with Crippen LogP contribution in [0.25, 0.3) is 0 Å². The molecule has 1 N–H and O–H groups in total. The normalized spacial score (nSPS) is 12.5. The number of carbonyl (C=O) groups is 1. The third kappa shape index (κ3) is 5.26. The van der Waals surface area contributed by atoms with Gasteiger partial charge < -0.3 is 10.1 Å². The summed E-state index contributed by atoms with van der Waals surface area (Å²) in [6.45, 7) is 2.25. The van der Waals surface area contributed by atoms with E-state index in [4.69, 9.17) is 0 Å². The van der Waals surface area contributed by atoms with Crippen molar-refractivity contribution in [3.8, 4) is 5.75 Å². The van der Waals surface area contributed by atoms with Crippen LogP contribution in [0.4, 0.5) is 13.2 Å². The predicted octanol–water partition coefficient (Wildman–Crippen LogP) is 3.82. The van der Waals surface area contributed by atoms with Gasteiger partial charge in [0, 0.05) is 17.5 Å². The number of ether oxygens (including phenoxy) is 1. The summed E-state index contributed by atoms with van der Waals surface area (Å²) >= 11 is 0. The van der Waals surface area contributed by atoms with Crippen LogP contribution < -0.4 is 10.1 Å². The molecular formula is C17H17F3N2O2. The van der Waals surface area contributed by atoms with E-state index >= 15 is 0 Å². The van der Waals surface area contributed by atoms with Gasteiger partial charge in [-0.2, -0.15) is 13.2 Å². The lowest BCUT2D eigenvalue weighted by atomic mass is 10.1. The monoisotopic (exact) mass is 338 g/mol. The maximum absolute atomic E-state index is 12.2. The van der Waals surface area contributed by atoms with Crippen molar-refractivity contribution in [3.63, 3.8) is 0 Å². The Hall–Kier alpha value is -2.57. The van der Waals surface area contributed by atoms with Crippen LogP contribution in [0.5, 0.6) is 5.75 Å². The van der Waals surface area contributed by atoms with Crippen molar-refractivity contribution in [1.29, 1.82) is 0 Å². The first-order chi connectivity index (χ1) is 11.2. The molecule has 0 saturated carbocycles. The summed E-state index contributed by atoms with van der Waals surface area (Å²) in [5.41, 5.74) is 1.99. The molecule has 1 unspecified atom stereocenters. The van der Waals surface area contributed by atoms with Gasteiger partial charge in [0.1, 0.15) is 5.75 Å². The molecule has 0 saturated heterocycles. The third-order valence-electron chi connectivity index (χ3n) is 3.29. The Kier molecular flexibility index (Phi) is 5.43. The number of benzene rings is 1. The van der Waals surface area contributed by atoms with E-state index in [2.05, 4.69) is 15.0 Å². The molecule has 4 nitrogen and oxygen atoms in total. The molecule has 1 heterocycles. The maximum atomic E-state index is 12.2. The highest BCUT2D eigenvalue weighted by Gasteiger charge is 2.28. The summed E-state index contributed by atoms with van der Waals surface area (Å²) in [7, 11) is 0. The average molecular weight is 338 g/mol. The summed E-state index contributed by atoms with van der Waals surface area (Å²) in [5.74, 6) is -0.121. The number of alkyl halides is 3. The van der Waals surface area contributed by atoms with Crippen LogP contribution in [0.3, 0.4) is 0 Å². The minimum Gasteiger partial charge on any atom is -0.484 e. The highest BCUT2D eigenvalue weighted by atomic mass is 19.4. The summed E-state index contributed by atoms with van der Waals surface area (Å²) in [6, 6.07) is 9.12. The van der Waals surface area contributed by atoms with Crippen molar-refractivity contribution < 1.29 is 22.7 Å². The SMILES string of the molecule is Cc1cc(C(=O)NC(C)c2ccc(OCC(F)(F)F)cc2)ccn1. The number of aromatic nitrogens is 1. The van der Waals surface area contributed by atoms with Gasteiger partial charge >= 0.3 is 6.18 Å². The van der Waals surface area contributed by atoms with Gasteiger partial charge in [0.2, 0.25) is 0 Å². The average Bonchev–Trinajstić information content (AvgIpc) is 2.52. The molecule has 2 rings (SSSR count). The molecule has 1 aromatic heterocycles. The number of pyridine rings is 1. The van der Waals surface area contributed by atoms with E-state index in [9.17, 15) is 18.0 Å². The molecule has 0 radical (unpaired) electrons. The Bertz CT molecular complexity index is 700. The number of rotatable bonds is 5. The quantitative estimate of drug-likeness (QED) is 0.902. The van der Waals surface area contributed by atoms with Crippen LogP contribution in [-0.2, 0) is 0 Å². The van der Waals surface area contributed by atoms with Crippen molar-refractivity contribution >= 4 is 5.91 Å². The number of hydrogen-bond acceptors (Lipinski definition) is 3. The summed E-state index contributed by atoms with van der Waals surface area (Å²) in [6.07, 6.45) is -2.82. The van der Waals surface area contributed by atoms with Crippen molar-refractivity contribution in [1.82, 2.24) is 10.3 Å². The molecule has 0 aliphatic rings. The number of nitrogens with one attached hydrogen (secondary N) is 1. The Morgan fingerprint density at radius 2 is 1.92 bits per heavy atom. The summed E-state index contributed by atoms with van der Waals surface area (Å²) < 4.78 is 41.0. The number of hydrogen-bond donors (Lipinski definition) is 1. The first-order valence-corrected chi connectivity index (χ1v) is 7.27. The molecule has 0 aliphatic heterocycles. The van der Waals surface area contributed by atoms with E-state index in [1.807, 2.05) is 0 Å². The highest BCUT2D eigenvalue weighted by Crippen LogP contribution is 2.21. The van der Waals surface area contributed by atoms with Crippen LogP contribution in [0, 0.1) is 6.92 Å². The van der Waals surface area contributed by atoms with Crippen LogP contribution in [0.15, 0.2) is 42.6 Å². The second-order valence-corrected chi connectivity index (χ2v) is 5.35. The molecule has 0 fully saturated rings. The number of nitrogens with zero attached hydrogens (tertiary/aromatic N) is 1. The smallest absolute Gasteiger partial charge is 0.422 e. The van der Waals surface area contributed by atoms with Crippen molar-refractivity contribution in [2.24, 2.45) is 0 Å². The molecule has 7 heteroatoms. The molecule has 1 amide bonds. The van der Waals surface area contributed by atoms with E-state index in [0.717, 1.165) is 11.3 Å². The fourth-order valence-electron chi connectivity index (χ4n) is 2.07. The maximum Gasteiger partial charge on any atom is 0.422 e. The topological polar surface area (TPSA) is 51.2 Å². The Balaban J connectivity index is 1.97. The minimum atomic E-state index is -4.37. The summed E-state index contributed by atoms with van der Waals surface area (Å²) in [5, 5.41) is 2.83. The van der Waals surface area contributed by atoms with Gasteiger partial charge in [0.05, 0.1) is 6.04 Å². The number of halogens is 3. The lowest BCUT2D eigenvalue weighted by molar-refractivity contribution is -0.153. The van der Waals surface area contributed by atoms with E-state index in [-0.39, 0.29) is 17.7 Å². The van der Waals surface area contributed by atoms with E-state index in [1.165, 1.54) is 12.1 Å². The lowest BCUT2D eigenvalue weighted by Crippen LogP contribution is -2.26. The zero-order valence-corrected chi connectivity index (χ0v) is 13.2. The van der Waals surface area contributed by atoms with Crippen LogP contribution in [-0.4, -0.2) is 23.7 Å². The molecule has 0 spiro atoms. The largest absolute Gasteiger partial charge is 0.484 e. The molecular weight excluding hydrogens is 321 g/mol.